The smallest absolute Gasteiger partial charge is 0.306 e. The van der Waals surface area contributed by atoms with Crippen LogP contribution in [-0.2, 0) is 15.0 Å². The monoisotopic (exact) mass is 301 g/mol. The summed E-state index contributed by atoms with van der Waals surface area (Å²) in [7, 11) is -3.63. The van der Waals surface area contributed by atoms with Gasteiger partial charge in [0.2, 0.25) is 0 Å². The summed E-state index contributed by atoms with van der Waals surface area (Å²) in [5.41, 5.74) is 0.574. The highest BCUT2D eigenvalue weighted by Crippen LogP contribution is 2.22. The van der Waals surface area contributed by atoms with Crippen molar-refractivity contribution in [3.05, 3.63) is 11.8 Å². The molecule has 0 saturated carbocycles. The molecule has 0 atom stereocenters. The zero-order valence-corrected chi connectivity index (χ0v) is 13.0. The molecular formula is C13H23N3O3S. The number of likely N-dealkylation sites (N-methyl/N-ethyl adjacent to an activating group) is 2. The third-order valence-corrected chi connectivity index (χ3v) is 5.84. The van der Waals surface area contributed by atoms with E-state index in [1.54, 1.807) is 13.8 Å². The lowest BCUT2D eigenvalue weighted by atomic mass is 10.1. The molecule has 0 radical (unpaired) electrons. The fraction of sp³-hybridized carbons (Fsp3) is 0.769. The molecule has 0 aliphatic carbocycles. The third-order valence-electron chi connectivity index (χ3n) is 3.82. The van der Waals surface area contributed by atoms with E-state index < -0.39 is 10.2 Å². The van der Waals surface area contributed by atoms with Crippen molar-refractivity contribution < 1.29 is 13.2 Å². The summed E-state index contributed by atoms with van der Waals surface area (Å²) in [6.45, 7) is 6.11. The highest BCUT2D eigenvalue weighted by molar-refractivity contribution is 7.87. The van der Waals surface area contributed by atoms with Crippen molar-refractivity contribution in [3.63, 3.8) is 0 Å². The molecule has 0 aromatic rings. The first-order valence-corrected chi connectivity index (χ1v) is 8.67. The quantitative estimate of drug-likeness (QED) is 0.723. The van der Waals surface area contributed by atoms with Crippen molar-refractivity contribution >= 4 is 16.1 Å². The van der Waals surface area contributed by atoms with Crippen molar-refractivity contribution in [1.82, 2.24) is 13.5 Å². The average molecular weight is 301 g/mol. The maximum absolute atomic E-state index is 12.3. The Morgan fingerprint density at radius 3 is 2.30 bits per heavy atom. The molecule has 0 aromatic carbocycles. The van der Waals surface area contributed by atoms with Crippen LogP contribution in [-0.4, -0.2) is 60.6 Å². The third kappa shape index (κ3) is 2.83. The first-order valence-electron chi connectivity index (χ1n) is 7.27. The Balaban J connectivity index is 2.26. The van der Waals surface area contributed by atoms with Crippen LogP contribution in [0.1, 0.15) is 33.1 Å². The van der Waals surface area contributed by atoms with Gasteiger partial charge in [0.25, 0.3) is 5.91 Å². The van der Waals surface area contributed by atoms with Crippen molar-refractivity contribution in [2.24, 2.45) is 0 Å². The van der Waals surface area contributed by atoms with Crippen LogP contribution < -0.4 is 0 Å². The predicted molar refractivity (Wildman–Crippen MR) is 77.1 cm³/mol. The molecule has 2 rings (SSSR count). The van der Waals surface area contributed by atoms with E-state index in [9.17, 15) is 13.2 Å². The topological polar surface area (TPSA) is 60.9 Å². The number of carbonyl (C=O) groups is 1. The summed E-state index contributed by atoms with van der Waals surface area (Å²) in [5, 5.41) is 0. The van der Waals surface area contributed by atoms with Crippen LogP contribution in [0.15, 0.2) is 11.8 Å². The van der Waals surface area contributed by atoms with Crippen LogP contribution in [0.3, 0.4) is 0 Å². The lowest BCUT2D eigenvalue weighted by molar-refractivity contribution is -0.123. The molecule has 2 aliphatic heterocycles. The van der Waals surface area contributed by atoms with Gasteiger partial charge in [-0.2, -0.15) is 12.7 Å². The summed E-state index contributed by atoms with van der Waals surface area (Å²) >= 11 is 0. The van der Waals surface area contributed by atoms with Crippen molar-refractivity contribution in [1.29, 1.82) is 0 Å². The van der Waals surface area contributed by atoms with Crippen LogP contribution in [0, 0.1) is 0 Å². The Bertz CT molecular complexity index is 495. The molecule has 20 heavy (non-hydrogen) atoms. The number of carbonyl (C=O) groups excluding carboxylic acids is 1. The molecule has 2 fully saturated rings. The second-order valence-corrected chi connectivity index (χ2v) is 7.01. The molecule has 2 saturated heterocycles. The number of hydrogen-bond donors (Lipinski definition) is 0. The maximum atomic E-state index is 12.3. The van der Waals surface area contributed by atoms with E-state index in [-0.39, 0.29) is 19.0 Å². The molecule has 2 aliphatic rings. The van der Waals surface area contributed by atoms with Gasteiger partial charge in [0.15, 0.2) is 0 Å². The highest BCUT2D eigenvalue weighted by Gasteiger charge is 2.39. The van der Waals surface area contributed by atoms with Gasteiger partial charge >= 0.3 is 10.2 Å². The number of rotatable bonds is 3. The first kappa shape index (κ1) is 15.3. The van der Waals surface area contributed by atoms with E-state index in [2.05, 4.69) is 4.90 Å². The van der Waals surface area contributed by atoms with E-state index in [0.717, 1.165) is 30.2 Å². The van der Waals surface area contributed by atoms with Crippen LogP contribution in [0.4, 0.5) is 0 Å². The van der Waals surface area contributed by atoms with Crippen LogP contribution in [0.5, 0.6) is 0 Å². The van der Waals surface area contributed by atoms with E-state index in [1.807, 2.05) is 6.20 Å². The predicted octanol–water partition coefficient (Wildman–Crippen LogP) is 0.785. The van der Waals surface area contributed by atoms with Gasteiger partial charge in [-0.05, 0) is 26.2 Å². The number of hydrogen-bond acceptors (Lipinski definition) is 4. The summed E-state index contributed by atoms with van der Waals surface area (Å²) in [4.78, 5) is 14.5. The highest BCUT2D eigenvalue weighted by atomic mass is 32.2. The fourth-order valence-electron chi connectivity index (χ4n) is 2.69. The summed E-state index contributed by atoms with van der Waals surface area (Å²) in [6.07, 6.45) is 5.35. The molecule has 0 spiro atoms. The molecule has 0 aromatic heterocycles. The number of piperidine rings is 1. The van der Waals surface area contributed by atoms with Gasteiger partial charge in [0.1, 0.15) is 0 Å². The van der Waals surface area contributed by atoms with Gasteiger partial charge in [0.05, 0.1) is 0 Å². The molecule has 0 unspecified atom stereocenters. The van der Waals surface area contributed by atoms with E-state index in [4.69, 9.17) is 0 Å². The zero-order chi connectivity index (χ0) is 14.8. The van der Waals surface area contributed by atoms with Crippen LogP contribution in [0.25, 0.3) is 0 Å². The molecule has 0 bridgehead atoms. The lowest BCUT2D eigenvalue weighted by Crippen LogP contribution is -2.53. The second kappa shape index (κ2) is 6.13. The largest absolute Gasteiger partial charge is 0.377 e. The molecule has 0 N–H and O–H groups in total. The molecular weight excluding hydrogens is 278 g/mol. The minimum atomic E-state index is -3.63. The van der Waals surface area contributed by atoms with E-state index in [0.29, 0.717) is 12.1 Å². The molecule has 2 heterocycles. The summed E-state index contributed by atoms with van der Waals surface area (Å²) in [5.74, 6) is -0.372. The Hall–Kier alpha value is -1.08. The fourth-order valence-corrected chi connectivity index (χ4v) is 4.25. The Kier molecular flexibility index (Phi) is 4.70. The minimum absolute atomic E-state index is 0.176. The number of amides is 1. The van der Waals surface area contributed by atoms with Crippen molar-refractivity contribution in [3.8, 4) is 0 Å². The van der Waals surface area contributed by atoms with Gasteiger partial charge in [-0.1, -0.05) is 6.92 Å². The molecule has 7 heteroatoms. The standard InChI is InChI=1S/C13H23N3O3S/c1-3-15-11-12(10-14-8-6-5-7-9-14)13(17)16(4-2)20(15,18)19/h10H,3-9,11H2,1-2H3/b12-10+. The minimum Gasteiger partial charge on any atom is -0.377 e. The lowest BCUT2D eigenvalue weighted by Gasteiger charge is -2.35. The van der Waals surface area contributed by atoms with Crippen LogP contribution >= 0.6 is 0 Å². The van der Waals surface area contributed by atoms with E-state index >= 15 is 0 Å². The van der Waals surface area contributed by atoms with Crippen molar-refractivity contribution in [2.45, 2.75) is 33.1 Å². The van der Waals surface area contributed by atoms with Crippen LogP contribution in [0.2, 0.25) is 0 Å². The SMILES string of the molecule is CCN1C/C(=C\N2CCCCC2)C(=O)N(CC)S1(=O)=O. The molecule has 114 valence electrons. The summed E-state index contributed by atoms with van der Waals surface area (Å²) in [6, 6.07) is 0. The Labute approximate surface area is 121 Å². The van der Waals surface area contributed by atoms with E-state index in [1.165, 1.54) is 10.7 Å². The van der Waals surface area contributed by atoms with Gasteiger partial charge < -0.3 is 4.90 Å². The zero-order valence-electron chi connectivity index (χ0n) is 12.2. The second-order valence-electron chi connectivity index (χ2n) is 5.15. The van der Waals surface area contributed by atoms with Gasteiger partial charge in [-0.15, -0.1) is 0 Å². The average Bonchev–Trinajstić information content (AvgIpc) is 2.43. The summed E-state index contributed by atoms with van der Waals surface area (Å²) < 4.78 is 26.7. The number of nitrogens with zero attached hydrogens (tertiary/aromatic N) is 3. The van der Waals surface area contributed by atoms with Gasteiger partial charge in [-0.25, -0.2) is 4.31 Å². The first-order chi connectivity index (χ1) is 9.50. The van der Waals surface area contributed by atoms with Gasteiger partial charge in [-0.3, -0.25) is 4.79 Å². The Morgan fingerprint density at radius 1 is 1.10 bits per heavy atom. The number of likely N-dealkylation sites (tertiary alicyclic amines) is 1. The molecule has 1 amide bonds. The molecule has 6 nitrogen and oxygen atoms in total. The Morgan fingerprint density at radius 2 is 1.75 bits per heavy atom. The van der Waals surface area contributed by atoms with Gasteiger partial charge in [0, 0.05) is 44.5 Å². The normalized spacial score (nSPS) is 26.3. The van der Waals surface area contributed by atoms with Crippen molar-refractivity contribution in [2.75, 3.05) is 32.7 Å². The maximum Gasteiger partial charge on any atom is 0.306 e.